The van der Waals surface area contributed by atoms with Crippen molar-refractivity contribution in [2.75, 3.05) is 86.8 Å². The normalized spacial score (nSPS) is 13.2. The molecule has 1 fully saturated rings. The number of nitrogens with zero attached hydrogens (tertiary/aromatic N) is 3. The minimum Gasteiger partial charge on any atom is -0.484 e. The van der Waals surface area contributed by atoms with Gasteiger partial charge in [0.25, 0.3) is 17.7 Å². The van der Waals surface area contributed by atoms with Gasteiger partial charge in [-0.2, -0.15) is 0 Å². The number of benzene rings is 3. The smallest absolute Gasteiger partial charge is 0.260 e. The second-order valence-corrected chi connectivity index (χ2v) is 19.3. The standard InChI is InChI=1S/C18H24N2O2.C17H26N2O2.C16H26N2O2/c1-18(2,3)14-6-4-8-16(12-14)22-13-17(21)20-11-9-15-7-5-10-19-15;1-17(2,3)14-6-5-7-15(12-14)21-13-16(20)19-10-8-18(4)9-11-19;1-16(2,3)13-7-6-8-14(11-13)20-12-15(19)17-9-10-18(4)5/h4-8,10,12,19H,9,11,13H2,1-3H3,(H,20,21);5-7,12H,8-11,13H2,1-4H3;6-8,11H,9-10,12H2,1-5H3,(H,17,19). The summed E-state index contributed by atoms with van der Waals surface area (Å²) < 4.78 is 16.8. The van der Waals surface area contributed by atoms with Gasteiger partial charge in [0, 0.05) is 64.1 Å². The molecule has 346 valence electrons. The third kappa shape index (κ3) is 20.6. The van der Waals surface area contributed by atoms with Crippen molar-refractivity contribution >= 4 is 17.7 Å². The van der Waals surface area contributed by atoms with Gasteiger partial charge in [-0.1, -0.05) is 98.7 Å². The van der Waals surface area contributed by atoms with E-state index in [1.807, 2.05) is 96.8 Å². The zero-order valence-corrected chi connectivity index (χ0v) is 40.2. The zero-order chi connectivity index (χ0) is 46.6. The van der Waals surface area contributed by atoms with Crippen molar-refractivity contribution in [2.45, 2.75) is 85.0 Å². The number of piperazine rings is 1. The summed E-state index contributed by atoms with van der Waals surface area (Å²) in [6.45, 7) is 25.2. The lowest BCUT2D eigenvalue weighted by Crippen LogP contribution is -2.48. The number of aromatic amines is 1. The van der Waals surface area contributed by atoms with E-state index in [4.69, 9.17) is 14.2 Å². The molecule has 12 heteroatoms. The van der Waals surface area contributed by atoms with Gasteiger partial charge < -0.3 is 44.5 Å². The van der Waals surface area contributed by atoms with E-state index in [0.717, 1.165) is 62.1 Å². The topological polar surface area (TPSA) is 128 Å². The molecule has 0 unspecified atom stereocenters. The van der Waals surface area contributed by atoms with Crippen LogP contribution < -0.4 is 24.8 Å². The molecule has 1 saturated heterocycles. The first-order valence-corrected chi connectivity index (χ1v) is 22.1. The fourth-order valence-corrected chi connectivity index (χ4v) is 6.13. The van der Waals surface area contributed by atoms with E-state index >= 15 is 0 Å². The number of hydrogen-bond acceptors (Lipinski definition) is 8. The first-order chi connectivity index (χ1) is 29.6. The average molecular weight is 869 g/mol. The second-order valence-electron chi connectivity index (χ2n) is 19.3. The van der Waals surface area contributed by atoms with Crippen LogP contribution in [0, 0.1) is 0 Å². The molecule has 3 aromatic carbocycles. The fraction of sp³-hybridized carbons (Fsp3) is 0.510. The Morgan fingerprint density at radius 3 is 1.43 bits per heavy atom. The van der Waals surface area contributed by atoms with Crippen molar-refractivity contribution < 1.29 is 28.6 Å². The molecule has 3 amide bonds. The summed E-state index contributed by atoms with van der Waals surface area (Å²) in [5, 5.41) is 5.68. The lowest BCUT2D eigenvalue weighted by atomic mass is 9.87. The monoisotopic (exact) mass is 869 g/mol. The largest absolute Gasteiger partial charge is 0.484 e. The molecule has 0 radical (unpaired) electrons. The molecule has 1 aromatic heterocycles. The first-order valence-electron chi connectivity index (χ1n) is 22.1. The maximum Gasteiger partial charge on any atom is 0.260 e. The Kier molecular flexibility index (Phi) is 20.7. The van der Waals surface area contributed by atoms with Gasteiger partial charge in [-0.05, 0) is 103 Å². The predicted molar refractivity (Wildman–Crippen MR) is 255 cm³/mol. The Balaban J connectivity index is 0.000000252. The highest BCUT2D eigenvalue weighted by Crippen LogP contribution is 2.27. The number of amides is 3. The van der Waals surface area contributed by atoms with Crippen molar-refractivity contribution in [3.63, 3.8) is 0 Å². The van der Waals surface area contributed by atoms with Crippen LogP contribution in [0.4, 0.5) is 0 Å². The van der Waals surface area contributed by atoms with E-state index in [1.165, 1.54) is 16.7 Å². The van der Waals surface area contributed by atoms with E-state index in [1.54, 1.807) is 0 Å². The van der Waals surface area contributed by atoms with Crippen LogP contribution in [0.25, 0.3) is 0 Å². The van der Waals surface area contributed by atoms with Gasteiger partial charge in [-0.25, -0.2) is 0 Å². The Bertz CT molecular complexity index is 1970. The Hall–Kier alpha value is -5.33. The maximum absolute atomic E-state index is 12.1. The SMILES string of the molecule is CC(C)(C)c1cccc(OCC(=O)NCCc2ccc[nH]2)c1.CN(C)CCNC(=O)COc1cccc(C(C)(C)C)c1.CN1CCN(C(=O)COc2cccc(C(C)(C)C)c2)CC1. The molecule has 5 rings (SSSR count). The molecule has 63 heavy (non-hydrogen) atoms. The second kappa shape index (κ2) is 25.1. The Morgan fingerprint density at radius 1 is 0.603 bits per heavy atom. The molecule has 0 bridgehead atoms. The van der Waals surface area contributed by atoms with Crippen LogP contribution in [0.3, 0.4) is 0 Å². The molecule has 1 aliphatic heterocycles. The minimum atomic E-state index is -0.104. The molecule has 1 aliphatic rings. The molecule has 0 atom stereocenters. The summed E-state index contributed by atoms with van der Waals surface area (Å²) in [4.78, 5) is 44.8. The van der Waals surface area contributed by atoms with Crippen LogP contribution >= 0.6 is 0 Å². The van der Waals surface area contributed by atoms with Gasteiger partial charge in [0.05, 0.1) is 0 Å². The molecular formula is C51H76N6O6. The number of H-pyrrole nitrogens is 1. The maximum atomic E-state index is 12.1. The van der Waals surface area contributed by atoms with Gasteiger partial charge in [0.2, 0.25) is 0 Å². The molecule has 2 heterocycles. The van der Waals surface area contributed by atoms with E-state index < -0.39 is 0 Å². The molecule has 3 N–H and O–H groups in total. The summed E-state index contributed by atoms with van der Waals surface area (Å²) in [6.07, 6.45) is 2.67. The Labute approximate surface area is 378 Å². The lowest BCUT2D eigenvalue weighted by molar-refractivity contribution is -0.135. The summed E-state index contributed by atoms with van der Waals surface area (Å²) in [7, 11) is 6.03. The van der Waals surface area contributed by atoms with Crippen LogP contribution in [0.5, 0.6) is 17.2 Å². The number of ether oxygens (including phenoxy) is 3. The van der Waals surface area contributed by atoms with Crippen molar-refractivity contribution in [1.29, 1.82) is 0 Å². The number of rotatable bonds is 15. The number of nitrogens with one attached hydrogen (secondary N) is 3. The predicted octanol–water partition coefficient (Wildman–Crippen LogP) is 7.23. The number of likely N-dealkylation sites (N-methyl/N-ethyl adjacent to an activating group) is 2. The molecule has 12 nitrogen and oxygen atoms in total. The van der Waals surface area contributed by atoms with Gasteiger partial charge >= 0.3 is 0 Å². The third-order valence-electron chi connectivity index (χ3n) is 10.3. The molecule has 4 aromatic rings. The van der Waals surface area contributed by atoms with Crippen molar-refractivity contribution in [2.24, 2.45) is 0 Å². The molecule has 0 aliphatic carbocycles. The van der Waals surface area contributed by atoms with E-state index in [-0.39, 0.29) is 53.8 Å². The zero-order valence-electron chi connectivity index (χ0n) is 40.2. The van der Waals surface area contributed by atoms with Gasteiger partial charge in [-0.15, -0.1) is 0 Å². The number of carbonyl (C=O) groups excluding carboxylic acids is 3. The van der Waals surface area contributed by atoms with E-state index in [2.05, 4.69) is 108 Å². The molecule has 0 spiro atoms. The van der Waals surface area contributed by atoms with E-state index in [0.29, 0.717) is 13.1 Å². The van der Waals surface area contributed by atoms with Gasteiger partial charge in [0.1, 0.15) is 17.2 Å². The quantitative estimate of drug-likeness (QED) is 0.114. The van der Waals surface area contributed by atoms with Crippen LogP contribution in [0.2, 0.25) is 0 Å². The Morgan fingerprint density at radius 2 is 1.03 bits per heavy atom. The fourth-order valence-electron chi connectivity index (χ4n) is 6.13. The summed E-state index contributed by atoms with van der Waals surface area (Å²) in [5.41, 5.74) is 4.94. The summed E-state index contributed by atoms with van der Waals surface area (Å²) >= 11 is 0. The van der Waals surface area contributed by atoms with Crippen molar-refractivity contribution in [1.82, 2.24) is 30.3 Å². The molecular weight excluding hydrogens is 793 g/mol. The highest BCUT2D eigenvalue weighted by atomic mass is 16.5. The van der Waals surface area contributed by atoms with Gasteiger partial charge in [0.15, 0.2) is 19.8 Å². The first kappa shape index (κ1) is 52.0. The van der Waals surface area contributed by atoms with Crippen LogP contribution in [-0.2, 0) is 37.0 Å². The highest BCUT2D eigenvalue weighted by Gasteiger charge is 2.20. The average Bonchev–Trinajstić information content (AvgIpc) is 3.75. The number of hydrogen-bond donors (Lipinski definition) is 3. The minimum absolute atomic E-state index is 0.0400. The lowest BCUT2D eigenvalue weighted by Gasteiger charge is -2.32. The van der Waals surface area contributed by atoms with Gasteiger partial charge in [-0.3, -0.25) is 14.4 Å². The third-order valence-corrected chi connectivity index (χ3v) is 10.3. The molecule has 0 saturated carbocycles. The van der Waals surface area contributed by atoms with Crippen LogP contribution in [0.1, 0.15) is 84.7 Å². The number of carbonyl (C=O) groups is 3. The van der Waals surface area contributed by atoms with Crippen LogP contribution in [-0.4, -0.2) is 124 Å². The van der Waals surface area contributed by atoms with Crippen LogP contribution in [0.15, 0.2) is 91.1 Å². The highest BCUT2D eigenvalue weighted by molar-refractivity contribution is 5.78. The summed E-state index contributed by atoms with van der Waals surface area (Å²) in [6, 6.07) is 27.8. The van der Waals surface area contributed by atoms with E-state index in [9.17, 15) is 14.4 Å². The summed E-state index contributed by atoms with van der Waals surface area (Å²) in [5.74, 6) is 2.11. The number of aromatic nitrogens is 1. The van der Waals surface area contributed by atoms with Crippen molar-refractivity contribution in [3.8, 4) is 17.2 Å². The van der Waals surface area contributed by atoms with Crippen molar-refractivity contribution in [3.05, 3.63) is 114 Å².